The van der Waals surface area contributed by atoms with Crippen molar-refractivity contribution >= 4 is 45.2 Å². The van der Waals surface area contributed by atoms with Crippen molar-refractivity contribution in [2.75, 3.05) is 17.6 Å². The third-order valence-corrected chi connectivity index (χ3v) is 4.66. The van der Waals surface area contributed by atoms with Crippen LogP contribution in [0.3, 0.4) is 0 Å². The van der Waals surface area contributed by atoms with Gasteiger partial charge in [-0.05, 0) is 48.9 Å². The normalized spacial score (nSPS) is 10.4. The average molecular weight is 429 g/mol. The van der Waals surface area contributed by atoms with E-state index in [2.05, 4.69) is 26.6 Å². The van der Waals surface area contributed by atoms with E-state index < -0.39 is 11.6 Å². The molecule has 2 amide bonds. The van der Waals surface area contributed by atoms with Crippen LogP contribution in [-0.2, 0) is 9.59 Å². The van der Waals surface area contributed by atoms with Crippen LogP contribution >= 0.6 is 27.7 Å². The minimum absolute atomic E-state index is 0.00430. The Morgan fingerprint density at radius 1 is 1.08 bits per heavy atom. The Kier molecular flexibility index (Phi) is 6.95. The van der Waals surface area contributed by atoms with Crippen LogP contribution in [0.1, 0.15) is 5.56 Å². The van der Waals surface area contributed by atoms with Gasteiger partial charge in [0.05, 0.1) is 12.3 Å². The lowest BCUT2D eigenvalue weighted by Gasteiger charge is -2.09. The van der Waals surface area contributed by atoms with Gasteiger partial charge in [0.15, 0.2) is 11.6 Å². The number of carbonyl (C=O) groups is 2. The van der Waals surface area contributed by atoms with Gasteiger partial charge in [-0.3, -0.25) is 9.59 Å². The number of halogens is 3. The Balaban J connectivity index is 1.77. The van der Waals surface area contributed by atoms with Crippen molar-refractivity contribution in [3.8, 4) is 0 Å². The van der Waals surface area contributed by atoms with Crippen molar-refractivity contribution in [1.82, 2.24) is 5.32 Å². The van der Waals surface area contributed by atoms with Crippen LogP contribution in [0.25, 0.3) is 0 Å². The molecule has 4 nitrogen and oxygen atoms in total. The maximum absolute atomic E-state index is 13.1. The number of nitrogens with one attached hydrogen (secondary N) is 2. The third-order valence-electron chi connectivity index (χ3n) is 3.17. The Bertz CT molecular complexity index is 802. The molecular weight excluding hydrogens is 414 g/mol. The van der Waals surface area contributed by atoms with Crippen LogP contribution in [0.5, 0.6) is 0 Å². The molecule has 0 heterocycles. The molecule has 132 valence electrons. The maximum atomic E-state index is 13.1. The number of rotatable bonds is 6. The van der Waals surface area contributed by atoms with Gasteiger partial charge >= 0.3 is 0 Å². The molecule has 0 aliphatic rings. The minimum Gasteiger partial charge on any atom is -0.346 e. The zero-order chi connectivity index (χ0) is 18.4. The van der Waals surface area contributed by atoms with Gasteiger partial charge in [-0.15, -0.1) is 11.8 Å². The number of hydrogen-bond donors (Lipinski definition) is 2. The summed E-state index contributed by atoms with van der Waals surface area (Å²) < 4.78 is 26.8. The monoisotopic (exact) mass is 428 g/mol. The SMILES string of the molecule is Cc1cc(Br)ccc1NC(=O)CNC(=O)CSc1ccc(F)c(F)c1. The molecule has 0 radical (unpaired) electrons. The van der Waals surface area contributed by atoms with Gasteiger partial charge in [-0.2, -0.15) is 0 Å². The zero-order valence-corrected chi connectivity index (χ0v) is 15.6. The second-order valence-electron chi connectivity index (χ2n) is 5.15. The first-order chi connectivity index (χ1) is 11.8. The van der Waals surface area contributed by atoms with Gasteiger partial charge in [0, 0.05) is 15.1 Å². The molecule has 2 aromatic carbocycles. The molecule has 2 aromatic rings. The number of anilines is 1. The third kappa shape index (κ3) is 6.13. The topological polar surface area (TPSA) is 58.2 Å². The van der Waals surface area contributed by atoms with Gasteiger partial charge in [-0.25, -0.2) is 8.78 Å². The maximum Gasteiger partial charge on any atom is 0.243 e. The summed E-state index contributed by atoms with van der Waals surface area (Å²) in [6.45, 7) is 1.68. The van der Waals surface area contributed by atoms with E-state index in [4.69, 9.17) is 0 Å². The molecule has 0 atom stereocenters. The summed E-state index contributed by atoms with van der Waals surface area (Å²) in [4.78, 5) is 24.1. The first kappa shape index (κ1) is 19.4. The van der Waals surface area contributed by atoms with Crippen LogP contribution in [0, 0.1) is 18.6 Å². The highest BCUT2D eigenvalue weighted by Gasteiger charge is 2.09. The Labute approximate surface area is 156 Å². The van der Waals surface area contributed by atoms with E-state index in [0.717, 1.165) is 33.9 Å². The minimum atomic E-state index is -0.963. The highest BCUT2D eigenvalue weighted by Crippen LogP contribution is 2.21. The number of aryl methyl sites for hydroxylation is 1. The summed E-state index contributed by atoms with van der Waals surface area (Å²) >= 11 is 4.40. The van der Waals surface area contributed by atoms with Gasteiger partial charge in [0.25, 0.3) is 0 Å². The first-order valence-corrected chi connectivity index (χ1v) is 9.03. The lowest BCUT2D eigenvalue weighted by molar-refractivity contribution is -0.122. The molecule has 0 saturated heterocycles. The fourth-order valence-corrected chi connectivity index (χ4v) is 3.13. The number of thioether (sulfide) groups is 1. The highest BCUT2D eigenvalue weighted by atomic mass is 79.9. The number of benzene rings is 2. The summed E-state index contributed by atoms with van der Waals surface area (Å²) in [6, 6.07) is 8.85. The molecule has 8 heteroatoms. The molecule has 0 fully saturated rings. The van der Waals surface area contributed by atoms with Crippen molar-refractivity contribution in [3.05, 3.63) is 58.1 Å². The zero-order valence-electron chi connectivity index (χ0n) is 13.2. The lowest BCUT2D eigenvalue weighted by Crippen LogP contribution is -2.34. The Morgan fingerprint density at radius 3 is 2.52 bits per heavy atom. The summed E-state index contributed by atoms with van der Waals surface area (Å²) in [5.41, 5.74) is 1.56. The number of carbonyl (C=O) groups excluding carboxylic acids is 2. The van der Waals surface area contributed by atoms with Crippen molar-refractivity contribution in [2.45, 2.75) is 11.8 Å². The molecule has 0 saturated carbocycles. The van der Waals surface area contributed by atoms with Crippen LogP contribution in [-0.4, -0.2) is 24.1 Å². The molecular formula is C17H15BrF2N2O2S. The predicted molar refractivity (Wildman–Crippen MR) is 97.6 cm³/mol. The van der Waals surface area contributed by atoms with Gasteiger partial charge in [0.2, 0.25) is 11.8 Å². The second-order valence-corrected chi connectivity index (χ2v) is 7.11. The smallest absolute Gasteiger partial charge is 0.243 e. The quantitative estimate of drug-likeness (QED) is 0.686. The van der Waals surface area contributed by atoms with Crippen LogP contribution in [0.4, 0.5) is 14.5 Å². The Hall–Kier alpha value is -1.93. The fraction of sp³-hybridized carbons (Fsp3) is 0.176. The summed E-state index contributed by atoms with van der Waals surface area (Å²) in [5.74, 6) is -2.63. The standard InChI is InChI=1S/C17H15BrF2N2O2S/c1-10-6-11(18)2-5-15(10)22-16(23)8-21-17(24)9-25-12-3-4-13(19)14(20)7-12/h2-7H,8-9H2,1H3,(H,21,24)(H,22,23). The van der Waals surface area contributed by atoms with E-state index in [1.807, 2.05) is 13.0 Å². The molecule has 0 aromatic heterocycles. The predicted octanol–water partition coefficient (Wildman–Crippen LogP) is 3.88. The van der Waals surface area contributed by atoms with E-state index in [9.17, 15) is 18.4 Å². The van der Waals surface area contributed by atoms with Crippen LogP contribution < -0.4 is 10.6 Å². The van der Waals surface area contributed by atoms with Crippen LogP contribution in [0.15, 0.2) is 45.8 Å². The van der Waals surface area contributed by atoms with Crippen LogP contribution in [0.2, 0.25) is 0 Å². The van der Waals surface area contributed by atoms with Crippen molar-refractivity contribution in [1.29, 1.82) is 0 Å². The van der Waals surface area contributed by atoms with Crippen molar-refractivity contribution in [2.24, 2.45) is 0 Å². The van der Waals surface area contributed by atoms with Crippen molar-refractivity contribution < 1.29 is 18.4 Å². The Morgan fingerprint density at radius 2 is 1.84 bits per heavy atom. The molecule has 0 aliphatic carbocycles. The van der Waals surface area contributed by atoms with E-state index in [0.29, 0.717) is 10.6 Å². The second kappa shape index (κ2) is 8.96. The summed E-state index contributed by atoms with van der Waals surface area (Å²) in [5, 5.41) is 5.19. The number of amides is 2. The van der Waals surface area contributed by atoms with E-state index >= 15 is 0 Å². The van der Waals surface area contributed by atoms with Gasteiger partial charge in [0.1, 0.15) is 0 Å². The number of hydrogen-bond acceptors (Lipinski definition) is 3. The molecule has 25 heavy (non-hydrogen) atoms. The van der Waals surface area contributed by atoms with Crippen molar-refractivity contribution in [3.63, 3.8) is 0 Å². The summed E-state index contributed by atoms with van der Waals surface area (Å²) in [6.07, 6.45) is 0. The van der Waals surface area contributed by atoms with E-state index in [1.54, 1.807) is 12.1 Å². The average Bonchev–Trinajstić information content (AvgIpc) is 2.56. The molecule has 2 N–H and O–H groups in total. The first-order valence-electron chi connectivity index (χ1n) is 7.25. The molecule has 0 aliphatic heterocycles. The largest absolute Gasteiger partial charge is 0.346 e. The molecule has 0 spiro atoms. The van der Waals surface area contributed by atoms with E-state index in [-0.39, 0.29) is 24.1 Å². The fourth-order valence-electron chi connectivity index (χ4n) is 1.91. The van der Waals surface area contributed by atoms with Gasteiger partial charge < -0.3 is 10.6 Å². The lowest BCUT2D eigenvalue weighted by atomic mass is 10.2. The van der Waals surface area contributed by atoms with E-state index in [1.165, 1.54) is 6.07 Å². The summed E-state index contributed by atoms with van der Waals surface area (Å²) in [7, 11) is 0. The molecule has 0 bridgehead atoms. The van der Waals surface area contributed by atoms with Gasteiger partial charge in [-0.1, -0.05) is 15.9 Å². The molecule has 2 rings (SSSR count). The highest BCUT2D eigenvalue weighted by molar-refractivity contribution is 9.10. The molecule has 0 unspecified atom stereocenters.